The molecule has 10 heteroatoms. The molecule has 0 amide bonds. The van der Waals surface area contributed by atoms with E-state index < -0.39 is 9.84 Å². The van der Waals surface area contributed by atoms with Crippen LogP contribution in [0.25, 0.3) is 5.69 Å². The van der Waals surface area contributed by atoms with Gasteiger partial charge in [0.05, 0.1) is 18.1 Å². The van der Waals surface area contributed by atoms with Gasteiger partial charge in [0, 0.05) is 11.4 Å². The molecule has 1 atom stereocenters. The van der Waals surface area contributed by atoms with Crippen LogP contribution in [0.5, 0.6) is 0 Å². The maximum absolute atomic E-state index is 13.1. The maximum atomic E-state index is 13.1. The maximum Gasteiger partial charge on any atom is 0.195 e. The number of hydrogen-bond acceptors (Lipinski definition) is 6. The lowest BCUT2D eigenvalue weighted by Crippen LogP contribution is -2.26. The minimum Gasteiger partial charge on any atom is -0.324 e. The SMILES string of the molecule is Cl.NCc1nnc(SCC2CCCS(=O)(=O)C2)n1-c1ccc(F)cc1. The Morgan fingerprint density at radius 2 is 2.00 bits per heavy atom. The summed E-state index contributed by atoms with van der Waals surface area (Å²) in [6.07, 6.45) is 1.62. The van der Waals surface area contributed by atoms with Crippen LogP contribution in [0.1, 0.15) is 18.7 Å². The summed E-state index contributed by atoms with van der Waals surface area (Å²) < 4.78 is 38.4. The average Bonchev–Trinajstić information content (AvgIpc) is 2.96. The van der Waals surface area contributed by atoms with Gasteiger partial charge in [0.25, 0.3) is 0 Å². The topological polar surface area (TPSA) is 90.9 Å². The van der Waals surface area contributed by atoms with Crippen molar-refractivity contribution in [2.45, 2.75) is 24.5 Å². The predicted octanol–water partition coefficient (Wildman–Crippen LogP) is 2.20. The molecule has 25 heavy (non-hydrogen) atoms. The highest BCUT2D eigenvalue weighted by molar-refractivity contribution is 7.99. The molecule has 0 bridgehead atoms. The average molecular weight is 407 g/mol. The number of aromatic nitrogens is 3. The Hall–Kier alpha value is -1.16. The van der Waals surface area contributed by atoms with E-state index in [1.54, 1.807) is 16.7 Å². The van der Waals surface area contributed by atoms with Crippen molar-refractivity contribution in [2.24, 2.45) is 11.7 Å². The van der Waals surface area contributed by atoms with Gasteiger partial charge in [-0.3, -0.25) is 4.57 Å². The molecular formula is C15H20ClFN4O2S2. The van der Waals surface area contributed by atoms with E-state index in [0.717, 1.165) is 12.1 Å². The van der Waals surface area contributed by atoms with Gasteiger partial charge < -0.3 is 5.73 Å². The largest absolute Gasteiger partial charge is 0.324 e. The third-order valence-corrected chi connectivity index (χ3v) is 7.02. The van der Waals surface area contributed by atoms with Gasteiger partial charge >= 0.3 is 0 Å². The highest BCUT2D eigenvalue weighted by Gasteiger charge is 2.25. The van der Waals surface area contributed by atoms with Crippen molar-refractivity contribution < 1.29 is 12.8 Å². The van der Waals surface area contributed by atoms with Gasteiger partial charge in [-0.05, 0) is 43.0 Å². The molecule has 0 spiro atoms. The Bertz CT molecular complexity index is 811. The van der Waals surface area contributed by atoms with Crippen molar-refractivity contribution in [1.29, 1.82) is 0 Å². The van der Waals surface area contributed by atoms with Gasteiger partial charge in [0.1, 0.15) is 5.82 Å². The molecule has 3 rings (SSSR count). The van der Waals surface area contributed by atoms with Gasteiger partial charge in [-0.15, -0.1) is 22.6 Å². The number of nitrogens with two attached hydrogens (primary N) is 1. The minimum absolute atomic E-state index is 0. The fraction of sp³-hybridized carbons (Fsp3) is 0.467. The quantitative estimate of drug-likeness (QED) is 0.765. The zero-order valence-electron chi connectivity index (χ0n) is 13.5. The summed E-state index contributed by atoms with van der Waals surface area (Å²) in [5.41, 5.74) is 6.46. The first-order valence-electron chi connectivity index (χ1n) is 7.72. The molecule has 2 heterocycles. The van der Waals surface area contributed by atoms with Crippen molar-refractivity contribution in [3.8, 4) is 5.69 Å². The van der Waals surface area contributed by atoms with E-state index >= 15 is 0 Å². The number of thioether (sulfide) groups is 1. The first kappa shape index (κ1) is 20.2. The number of benzene rings is 1. The number of rotatable bonds is 5. The lowest BCUT2D eigenvalue weighted by atomic mass is 10.1. The van der Waals surface area contributed by atoms with Gasteiger partial charge in [0.2, 0.25) is 0 Å². The fourth-order valence-electron chi connectivity index (χ4n) is 2.82. The van der Waals surface area contributed by atoms with Crippen LogP contribution in [0.3, 0.4) is 0 Å². The second kappa shape index (κ2) is 8.48. The van der Waals surface area contributed by atoms with E-state index in [9.17, 15) is 12.8 Å². The predicted molar refractivity (Wildman–Crippen MR) is 98.6 cm³/mol. The van der Waals surface area contributed by atoms with Crippen LogP contribution in [0, 0.1) is 11.7 Å². The van der Waals surface area contributed by atoms with Crippen molar-refractivity contribution >= 4 is 34.0 Å². The van der Waals surface area contributed by atoms with Gasteiger partial charge in [-0.2, -0.15) is 0 Å². The van der Waals surface area contributed by atoms with E-state index in [-0.39, 0.29) is 42.2 Å². The van der Waals surface area contributed by atoms with Crippen molar-refractivity contribution in [1.82, 2.24) is 14.8 Å². The molecule has 1 aromatic carbocycles. The van der Waals surface area contributed by atoms with Gasteiger partial charge in [-0.1, -0.05) is 11.8 Å². The van der Waals surface area contributed by atoms with E-state index in [0.29, 0.717) is 23.2 Å². The Morgan fingerprint density at radius 1 is 1.28 bits per heavy atom. The van der Waals surface area contributed by atoms with Crippen LogP contribution in [0.4, 0.5) is 4.39 Å². The van der Waals surface area contributed by atoms with Crippen molar-refractivity contribution in [3.05, 3.63) is 35.9 Å². The molecule has 0 saturated carbocycles. The molecule has 1 aromatic heterocycles. The molecule has 2 N–H and O–H groups in total. The van der Waals surface area contributed by atoms with Crippen molar-refractivity contribution in [2.75, 3.05) is 17.3 Å². The smallest absolute Gasteiger partial charge is 0.195 e. The number of nitrogens with zero attached hydrogens (tertiary/aromatic N) is 3. The summed E-state index contributed by atoms with van der Waals surface area (Å²) in [6.45, 7) is 0.211. The molecule has 1 aliphatic heterocycles. The number of hydrogen-bond donors (Lipinski definition) is 1. The van der Waals surface area contributed by atoms with Gasteiger partial charge in [0.15, 0.2) is 20.8 Å². The summed E-state index contributed by atoms with van der Waals surface area (Å²) in [6, 6.07) is 6.04. The summed E-state index contributed by atoms with van der Waals surface area (Å²) in [4.78, 5) is 0. The van der Waals surface area contributed by atoms with E-state index in [1.165, 1.54) is 23.9 Å². The first-order chi connectivity index (χ1) is 11.5. The first-order valence-corrected chi connectivity index (χ1v) is 10.5. The summed E-state index contributed by atoms with van der Waals surface area (Å²) >= 11 is 1.47. The highest BCUT2D eigenvalue weighted by atomic mass is 35.5. The zero-order valence-corrected chi connectivity index (χ0v) is 15.9. The van der Waals surface area contributed by atoms with Crippen LogP contribution in [0.15, 0.2) is 29.4 Å². The van der Waals surface area contributed by atoms with E-state index in [4.69, 9.17) is 5.73 Å². The highest BCUT2D eigenvalue weighted by Crippen LogP contribution is 2.28. The molecular weight excluding hydrogens is 387 g/mol. The Balaban J connectivity index is 0.00000225. The van der Waals surface area contributed by atoms with Crippen LogP contribution in [-0.2, 0) is 16.4 Å². The minimum atomic E-state index is -2.92. The lowest BCUT2D eigenvalue weighted by Gasteiger charge is -2.21. The summed E-state index contributed by atoms with van der Waals surface area (Å²) in [7, 11) is -2.92. The number of halogens is 2. The second-order valence-corrected chi connectivity index (χ2v) is 9.06. The summed E-state index contributed by atoms with van der Waals surface area (Å²) in [5.74, 6) is 1.56. The molecule has 2 aromatic rings. The van der Waals surface area contributed by atoms with Crippen LogP contribution >= 0.6 is 24.2 Å². The summed E-state index contributed by atoms with van der Waals surface area (Å²) in [5, 5.41) is 8.88. The van der Waals surface area contributed by atoms with Gasteiger partial charge in [-0.25, -0.2) is 12.8 Å². The Morgan fingerprint density at radius 3 is 2.64 bits per heavy atom. The third kappa shape index (κ3) is 4.93. The Labute approximate surface area is 156 Å². The molecule has 0 aliphatic carbocycles. The molecule has 138 valence electrons. The monoisotopic (exact) mass is 406 g/mol. The molecule has 1 unspecified atom stereocenters. The standard InChI is InChI=1S/C15H19FN4O2S2.ClH/c16-12-3-5-13(6-4-12)20-14(8-17)18-19-15(20)23-9-11-2-1-7-24(21,22)10-11;/h3-6,11H,1-2,7-10,17H2;1H. The van der Waals surface area contributed by atoms with Crippen molar-refractivity contribution in [3.63, 3.8) is 0 Å². The second-order valence-electron chi connectivity index (χ2n) is 5.85. The lowest BCUT2D eigenvalue weighted by molar-refractivity contribution is 0.520. The molecule has 0 radical (unpaired) electrons. The van der Waals surface area contributed by atoms with E-state index in [2.05, 4.69) is 10.2 Å². The zero-order chi connectivity index (χ0) is 17.2. The fourth-order valence-corrected chi connectivity index (χ4v) is 5.85. The molecule has 6 nitrogen and oxygen atoms in total. The molecule has 1 saturated heterocycles. The van der Waals surface area contributed by atoms with Crippen LogP contribution < -0.4 is 5.73 Å². The normalized spacial score (nSPS) is 19.4. The number of sulfone groups is 1. The molecule has 1 fully saturated rings. The van der Waals surface area contributed by atoms with Crippen LogP contribution in [-0.4, -0.2) is 40.4 Å². The Kier molecular flexibility index (Phi) is 6.84. The van der Waals surface area contributed by atoms with E-state index in [1.807, 2.05) is 0 Å². The third-order valence-electron chi connectivity index (χ3n) is 3.97. The van der Waals surface area contributed by atoms with Crippen LogP contribution in [0.2, 0.25) is 0 Å². The molecule has 1 aliphatic rings.